The van der Waals surface area contributed by atoms with Gasteiger partial charge in [0.1, 0.15) is 10.6 Å². The van der Waals surface area contributed by atoms with Crippen molar-refractivity contribution in [3.05, 3.63) is 34.8 Å². The van der Waals surface area contributed by atoms with E-state index in [0.717, 1.165) is 4.47 Å². The third-order valence-corrected chi connectivity index (χ3v) is 4.00. The fraction of sp³-hybridized carbons (Fsp3) is 0.0909. The van der Waals surface area contributed by atoms with Gasteiger partial charge in [0.05, 0.1) is 7.11 Å². The average molecular weight is 317 g/mol. The number of hydrogen-bond acceptors (Lipinski definition) is 3. The largest absolute Gasteiger partial charge is 0.496 e. The van der Waals surface area contributed by atoms with E-state index >= 15 is 0 Å². The van der Waals surface area contributed by atoms with Crippen molar-refractivity contribution in [1.29, 1.82) is 0 Å². The first-order valence-electron chi connectivity index (χ1n) is 4.68. The zero-order valence-corrected chi connectivity index (χ0v) is 11.2. The molecule has 0 fully saturated rings. The van der Waals surface area contributed by atoms with Crippen molar-refractivity contribution in [2.45, 2.75) is 4.90 Å². The van der Waals surface area contributed by atoms with E-state index in [2.05, 4.69) is 15.9 Å². The van der Waals surface area contributed by atoms with Crippen molar-refractivity contribution in [2.75, 3.05) is 7.11 Å². The molecule has 90 valence electrons. The average Bonchev–Trinajstić information content (AvgIpc) is 2.28. The smallest absolute Gasteiger partial charge is 0.295 e. The number of halogens is 1. The molecular weight excluding hydrogens is 308 g/mol. The van der Waals surface area contributed by atoms with Gasteiger partial charge in [-0.2, -0.15) is 8.42 Å². The van der Waals surface area contributed by atoms with Crippen LogP contribution < -0.4 is 4.74 Å². The quantitative estimate of drug-likeness (QED) is 0.865. The van der Waals surface area contributed by atoms with Crippen LogP contribution in [-0.4, -0.2) is 20.1 Å². The maximum atomic E-state index is 11.3. The van der Waals surface area contributed by atoms with Crippen LogP contribution in [0.15, 0.2) is 39.7 Å². The summed E-state index contributed by atoms with van der Waals surface area (Å²) in [6.45, 7) is 0. The minimum Gasteiger partial charge on any atom is -0.496 e. The van der Waals surface area contributed by atoms with Gasteiger partial charge in [-0.1, -0.05) is 28.1 Å². The highest BCUT2D eigenvalue weighted by Gasteiger charge is 2.18. The zero-order chi connectivity index (χ0) is 12.6. The number of methoxy groups -OCH3 is 1. The van der Waals surface area contributed by atoms with Crippen LogP contribution in [0.4, 0.5) is 0 Å². The van der Waals surface area contributed by atoms with E-state index in [0.29, 0.717) is 16.5 Å². The third-order valence-electron chi connectivity index (χ3n) is 2.41. The van der Waals surface area contributed by atoms with Gasteiger partial charge in [-0.25, -0.2) is 0 Å². The Labute approximate surface area is 107 Å². The summed E-state index contributed by atoms with van der Waals surface area (Å²) >= 11 is 3.33. The van der Waals surface area contributed by atoms with E-state index in [1.165, 1.54) is 13.2 Å². The summed E-state index contributed by atoms with van der Waals surface area (Å²) in [4.78, 5) is -0.159. The highest BCUT2D eigenvalue weighted by molar-refractivity contribution is 9.10. The lowest BCUT2D eigenvalue weighted by molar-refractivity contribution is 0.418. The Balaban J connectivity index is 3.01. The molecule has 2 aromatic rings. The Morgan fingerprint density at radius 2 is 1.94 bits per heavy atom. The molecular formula is C11H9BrO4S. The third kappa shape index (κ3) is 2.15. The molecule has 0 amide bonds. The molecule has 0 aliphatic heterocycles. The van der Waals surface area contributed by atoms with Gasteiger partial charge in [-0.15, -0.1) is 0 Å². The van der Waals surface area contributed by atoms with Gasteiger partial charge in [-0.05, 0) is 18.2 Å². The standard InChI is InChI=1S/C11H9BrO4S/c1-16-9-6-5-8(12)7-3-2-4-10(11(7)9)17(13,14)15/h2-6H,1H3,(H,13,14,15). The Morgan fingerprint density at radius 3 is 2.53 bits per heavy atom. The second-order valence-electron chi connectivity index (χ2n) is 3.40. The molecule has 0 saturated heterocycles. The van der Waals surface area contributed by atoms with Crippen molar-refractivity contribution in [3.63, 3.8) is 0 Å². The predicted octanol–water partition coefficient (Wildman–Crippen LogP) is 2.86. The first-order chi connectivity index (χ1) is 7.95. The summed E-state index contributed by atoms with van der Waals surface area (Å²) in [5.41, 5.74) is 0. The van der Waals surface area contributed by atoms with Crippen LogP contribution in [0.2, 0.25) is 0 Å². The Hall–Kier alpha value is -1.11. The molecule has 2 aromatic carbocycles. The summed E-state index contributed by atoms with van der Waals surface area (Å²) in [7, 11) is -2.83. The van der Waals surface area contributed by atoms with Crippen LogP contribution in [-0.2, 0) is 10.1 Å². The van der Waals surface area contributed by atoms with Crippen molar-refractivity contribution >= 4 is 36.8 Å². The molecule has 0 spiro atoms. The van der Waals surface area contributed by atoms with Crippen LogP contribution in [0.3, 0.4) is 0 Å². The van der Waals surface area contributed by atoms with Crippen molar-refractivity contribution in [1.82, 2.24) is 0 Å². The van der Waals surface area contributed by atoms with Gasteiger partial charge in [-0.3, -0.25) is 4.55 Å². The SMILES string of the molecule is COc1ccc(Br)c2cccc(S(=O)(=O)O)c12. The molecule has 0 heterocycles. The highest BCUT2D eigenvalue weighted by atomic mass is 79.9. The minimum absolute atomic E-state index is 0.159. The molecule has 0 atom stereocenters. The second-order valence-corrected chi connectivity index (χ2v) is 5.65. The molecule has 0 aromatic heterocycles. The maximum Gasteiger partial charge on any atom is 0.295 e. The molecule has 0 aliphatic rings. The lowest BCUT2D eigenvalue weighted by Gasteiger charge is -2.10. The van der Waals surface area contributed by atoms with Crippen LogP contribution in [0.25, 0.3) is 10.8 Å². The minimum atomic E-state index is -4.28. The molecule has 0 saturated carbocycles. The first kappa shape index (κ1) is 12.3. The summed E-state index contributed by atoms with van der Waals surface area (Å²) in [6.07, 6.45) is 0. The number of benzene rings is 2. The predicted molar refractivity (Wildman–Crippen MR) is 68.0 cm³/mol. The van der Waals surface area contributed by atoms with Crippen LogP contribution in [0, 0.1) is 0 Å². The molecule has 6 heteroatoms. The number of rotatable bonds is 2. The van der Waals surface area contributed by atoms with Gasteiger partial charge in [0.25, 0.3) is 10.1 Å². The number of fused-ring (bicyclic) bond motifs is 1. The van der Waals surface area contributed by atoms with E-state index in [4.69, 9.17) is 4.74 Å². The Bertz CT molecular complexity index is 679. The summed E-state index contributed by atoms with van der Waals surface area (Å²) in [6, 6.07) is 8.05. The fourth-order valence-electron chi connectivity index (χ4n) is 1.69. The van der Waals surface area contributed by atoms with E-state index in [-0.39, 0.29) is 4.90 Å². The van der Waals surface area contributed by atoms with Gasteiger partial charge < -0.3 is 4.74 Å². The zero-order valence-electron chi connectivity index (χ0n) is 8.84. The molecule has 17 heavy (non-hydrogen) atoms. The molecule has 0 aliphatic carbocycles. The van der Waals surface area contributed by atoms with Crippen LogP contribution >= 0.6 is 15.9 Å². The molecule has 0 radical (unpaired) electrons. The topological polar surface area (TPSA) is 63.6 Å². The van der Waals surface area contributed by atoms with Crippen molar-refractivity contribution in [3.8, 4) is 5.75 Å². The Morgan fingerprint density at radius 1 is 1.24 bits per heavy atom. The van der Waals surface area contributed by atoms with E-state index in [1.807, 2.05) is 0 Å². The summed E-state index contributed by atoms with van der Waals surface area (Å²) in [5.74, 6) is 0.399. The molecule has 1 N–H and O–H groups in total. The molecule has 2 rings (SSSR count). The monoisotopic (exact) mass is 316 g/mol. The van der Waals surface area contributed by atoms with Crippen molar-refractivity contribution < 1.29 is 17.7 Å². The molecule has 4 nitrogen and oxygen atoms in total. The lowest BCUT2D eigenvalue weighted by atomic mass is 10.1. The van der Waals surface area contributed by atoms with Gasteiger partial charge in [0.2, 0.25) is 0 Å². The molecule has 0 bridgehead atoms. The van der Waals surface area contributed by atoms with E-state index in [9.17, 15) is 13.0 Å². The number of hydrogen-bond donors (Lipinski definition) is 1. The van der Waals surface area contributed by atoms with Crippen LogP contribution in [0.1, 0.15) is 0 Å². The first-order valence-corrected chi connectivity index (χ1v) is 6.91. The highest BCUT2D eigenvalue weighted by Crippen LogP contribution is 2.35. The lowest BCUT2D eigenvalue weighted by Crippen LogP contribution is -2.00. The van der Waals surface area contributed by atoms with E-state index < -0.39 is 10.1 Å². The van der Waals surface area contributed by atoms with Crippen LogP contribution in [0.5, 0.6) is 5.75 Å². The van der Waals surface area contributed by atoms with Crippen molar-refractivity contribution in [2.24, 2.45) is 0 Å². The number of ether oxygens (including phenoxy) is 1. The summed E-state index contributed by atoms with van der Waals surface area (Å²) in [5, 5.41) is 1.03. The van der Waals surface area contributed by atoms with Gasteiger partial charge in [0, 0.05) is 15.2 Å². The van der Waals surface area contributed by atoms with Gasteiger partial charge >= 0.3 is 0 Å². The van der Waals surface area contributed by atoms with E-state index in [1.54, 1.807) is 24.3 Å². The molecule has 0 unspecified atom stereocenters. The fourth-order valence-corrected chi connectivity index (χ4v) is 2.87. The van der Waals surface area contributed by atoms with Gasteiger partial charge in [0.15, 0.2) is 0 Å². The maximum absolute atomic E-state index is 11.3. The normalized spacial score (nSPS) is 11.7. The second kappa shape index (κ2) is 4.29. The Kier molecular flexibility index (Phi) is 3.11. The summed E-state index contributed by atoms with van der Waals surface area (Å²) < 4.78 is 37.7.